The van der Waals surface area contributed by atoms with Crippen LogP contribution in [-0.4, -0.2) is 20.9 Å². The third-order valence-corrected chi connectivity index (χ3v) is 7.16. The summed E-state index contributed by atoms with van der Waals surface area (Å²) in [5, 5.41) is 3.23. The van der Waals surface area contributed by atoms with Crippen LogP contribution in [0.3, 0.4) is 0 Å². The topological polar surface area (TPSA) is 66.5 Å². The molecule has 0 aromatic heterocycles. The highest BCUT2D eigenvalue weighted by Crippen LogP contribution is 2.32. The minimum Gasteiger partial charge on any atom is -0.323 e. The van der Waals surface area contributed by atoms with E-state index < -0.39 is 22.5 Å². The number of aryl methyl sites for hydroxylation is 1. The first-order valence-corrected chi connectivity index (χ1v) is 11.4. The minimum atomic E-state index is -4.07. The molecule has 0 heterocycles. The second-order valence-corrected chi connectivity index (χ2v) is 9.48. The molecule has 3 rings (SSSR count). The van der Waals surface area contributed by atoms with Crippen LogP contribution in [-0.2, 0) is 14.8 Å². The van der Waals surface area contributed by atoms with Crippen molar-refractivity contribution in [3.63, 3.8) is 0 Å². The van der Waals surface area contributed by atoms with Gasteiger partial charge in [0.15, 0.2) is 0 Å². The molecule has 0 fully saturated rings. The van der Waals surface area contributed by atoms with Crippen molar-refractivity contribution in [1.29, 1.82) is 0 Å². The Hall–Kier alpha value is -2.25. The molecular weight excluding hydrogens is 467 g/mol. The summed E-state index contributed by atoms with van der Waals surface area (Å²) in [6.07, 6.45) is 0. The highest BCUT2D eigenvalue weighted by Gasteiger charge is 2.28. The molecule has 9 heteroatoms. The van der Waals surface area contributed by atoms with E-state index in [9.17, 15) is 13.2 Å². The molecule has 0 radical (unpaired) electrons. The van der Waals surface area contributed by atoms with Gasteiger partial charge in [0.25, 0.3) is 10.0 Å². The van der Waals surface area contributed by atoms with Crippen LogP contribution in [0.4, 0.5) is 11.4 Å². The van der Waals surface area contributed by atoms with Crippen molar-refractivity contribution in [3.8, 4) is 0 Å². The van der Waals surface area contributed by atoms with Gasteiger partial charge in [-0.2, -0.15) is 0 Å². The van der Waals surface area contributed by atoms with Crippen molar-refractivity contribution < 1.29 is 13.2 Å². The van der Waals surface area contributed by atoms with Crippen molar-refractivity contribution >= 4 is 62.1 Å². The summed E-state index contributed by atoms with van der Waals surface area (Å²) in [7, 11) is -4.07. The smallest absolute Gasteiger partial charge is 0.264 e. The lowest BCUT2D eigenvalue weighted by molar-refractivity contribution is -0.114. The van der Waals surface area contributed by atoms with E-state index in [0.717, 1.165) is 9.87 Å². The van der Waals surface area contributed by atoms with Crippen molar-refractivity contribution in [3.05, 3.63) is 87.4 Å². The molecule has 30 heavy (non-hydrogen) atoms. The number of rotatable bonds is 6. The minimum absolute atomic E-state index is 0.0432. The Bertz CT molecular complexity index is 1180. The number of nitrogens with zero attached hydrogens (tertiary/aromatic N) is 1. The Morgan fingerprint density at radius 1 is 0.900 bits per heavy atom. The predicted molar refractivity (Wildman–Crippen MR) is 122 cm³/mol. The maximum absolute atomic E-state index is 13.3. The fraction of sp³-hybridized carbons (Fsp3) is 0.0952. The number of anilines is 2. The first kappa shape index (κ1) is 22.4. The van der Waals surface area contributed by atoms with Crippen LogP contribution >= 0.6 is 34.8 Å². The number of carbonyl (C=O) groups is 1. The van der Waals surface area contributed by atoms with Gasteiger partial charge in [0.2, 0.25) is 5.91 Å². The molecule has 3 aromatic carbocycles. The average Bonchev–Trinajstić information content (AvgIpc) is 2.70. The number of benzene rings is 3. The standard InChI is InChI=1S/C21H17Cl3N2O3S/c1-14-9-11-15(12-10-14)30(28,29)26(19-8-3-2-5-16(19)22)13-20(27)25-18-7-4-6-17(23)21(18)24/h2-12H,13H2,1H3,(H,25,27). The normalized spacial score (nSPS) is 11.2. The molecule has 1 amide bonds. The fourth-order valence-electron chi connectivity index (χ4n) is 2.71. The van der Waals surface area contributed by atoms with Crippen LogP contribution in [0.5, 0.6) is 0 Å². The molecule has 0 saturated carbocycles. The van der Waals surface area contributed by atoms with E-state index in [-0.39, 0.29) is 31.3 Å². The largest absolute Gasteiger partial charge is 0.323 e. The van der Waals surface area contributed by atoms with Crippen LogP contribution in [0.2, 0.25) is 15.1 Å². The second kappa shape index (κ2) is 9.27. The summed E-state index contributed by atoms with van der Waals surface area (Å²) in [5.74, 6) is -0.602. The molecule has 156 valence electrons. The van der Waals surface area contributed by atoms with Crippen LogP contribution in [0.25, 0.3) is 0 Å². The summed E-state index contributed by atoms with van der Waals surface area (Å²) < 4.78 is 27.7. The molecule has 0 aliphatic carbocycles. The molecular formula is C21H17Cl3N2O3S. The molecule has 0 unspecified atom stereocenters. The zero-order valence-corrected chi connectivity index (χ0v) is 18.9. The number of amides is 1. The van der Waals surface area contributed by atoms with Crippen LogP contribution < -0.4 is 9.62 Å². The van der Waals surface area contributed by atoms with Crippen molar-refractivity contribution in [2.45, 2.75) is 11.8 Å². The van der Waals surface area contributed by atoms with Crippen LogP contribution in [0, 0.1) is 6.92 Å². The molecule has 0 aliphatic rings. The average molecular weight is 484 g/mol. The first-order chi connectivity index (χ1) is 14.2. The van der Waals surface area contributed by atoms with Crippen LogP contribution in [0.1, 0.15) is 5.56 Å². The van der Waals surface area contributed by atoms with Gasteiger partial charge in [-0.25, -0.2) is 8.42 Å². The number of carbonyl (C=O) groups excluding carboxylic acids is 1. The number of sulfonamides is 1. The fourth-order valence-corrected chi connectivity index (χ4v) is 4.79. The molecule has 0 spiro atoms. The van der Waals surface area contributed by atoms with Gasteiger partial charge in [-0.05, 0) is 43.3 Å². The van der Waals surface area contributed by atoms with E-state index in [1.165, 1.54) is 18.2 Å². The predicted octanol–water partition coefficient (Wildman–Crippen LogP) is 5.79. The van der Waals surface area contributed by atoms with E-state index >= 15 is 0 Å². The van der Waals surface area contributed by atoms with E-state index in [0.29, 0.717) is 0 Å². The lowest BCUT2D eigenvalue weighted by Crippen LogP contribution is -2.38. The highest BCUT2D eigenvalue weighted by molar-refractivity contribution is 7.92. The summed E-state index contributed by atoms with van der Waals surface area (Å²) in [4.78, 5) is 12.8. The molecule has 0 bridgehead atoms. The number of halogens is 3. The summed E-state index contributed by atoms with van der Waals surface area (Å²) in [6, 6.07) is 17.5. The monoisotopic (exact) mass is 482 g/mol. The lowest BCUT2D eigenvalue weighted by atomic mass is 10.2. The number of nitrogens with one attached hydrogen (secondary N) is 1. The molecule has 3 aromatic rings. The summed E-state index contributed by atoms with van der Waals surface area (Å²) >= 11 is 18.3. The van der Waals surface area contributed by atoms with Gasteiger partial charge < -0.3 is 5.32 Å². The van der Waals surface area contributed by atoms with Gasteiger partial charge in [0.05, 0.1) is 31.3 Å². The first-order valence-electron chi connectivity index (χ1n) is 8.78. The maximum atomic E-state index is 13.3. The molecule has 0 saturated heterocycles. The van der Waals surface area contributed by atoms with Gasteiger partial charge in [0.1, 0.15) is 6.54 Å². The van der Waals surface area contributed by atoms with Gasteiger partial charge in [-0.1, -0.05) is 70.7 Å². The Morgan fingerprint density at radius 3 is 2.20 bits per heavy atom. The van der Waals surface area contributed by atoms with Crippen LogP contribution in [0.15, 0.2) is 71.6 Å². The Kier molecular flexibility index (Phi) is 6.93. The maximum Gasteiger partial charge on any atom is 0.264 e. The summed E-state index contributed by atoms with van der Waals surface area (Å²) in [6.45, 7) is 1.34. The van der Waals surface area contributed by atoms with Gasteiger partial charge >= 0.3 is 0 Å². The lowest BCUT2D eigenvalue weighted by Gasteiger charge is -2.25. The van der Waals surface area contributed by atoms with Gasteiger partial charge in [-0.3, -0.25) is 9.10 Å². The van der Waals surface area contributed by atoms with E-state index in [1.54, 1.807) is 48.5 Å². The zero-order valence-electron chi connectivity index (χ0n) is 15.8. The van der Waals surface area contributed by atoms with Crippen molar-refractivity contribution in [2.24, 2.45) is 0 Å². The van der Waals surface area contributed by atoms with E-state index in [4.69, 9.17) is 34.8 Å². The van der Waals surface area contributed by atoms with Gasteiger partial charge in [0, 0.05) is 0 Å². The SMILES string of the molecule is Cc1ccc(S(=O)(=O)N(CC(=O)Nc2cccc(Cl)c2Cl)c2ccccc2Cl)cc1. The second-order valence-electron chi connectivity index (χ2n) is 6.43. The number of para-hydroxylation sites is 1. The van der Waals surface area contributed by atoms with E-state index in [2.05, 4.69) is 5.32 Å². The number of hydrogen-bond acceptors (Lipinski definition) is 3. The molecule has 5 nitrogen and oxygen atoms in total. The van der Waals surface area contributed by atoms with Crippen molar-refractivity contribution in [1.82, 2.24) is 0 Å². The molecule has 0 atom stereocenters. The third-order valence-electron chi connectivity index (χ3n) is 4.24. The van der Waals surface area contributed by atoms with Gasteiger partial charge in [-0.15, -0.1) is 0 Å². The molecule has 1 N–H and O–H groups in total. The zero-order chi connectivity index (χ0) is 21.9. The third kappa shape index (κ3) is 4.90. The quantitative estimate of drug-likeness (QED) is 0.482. The Labute approximate surface area is 190 Å². The number of hydrogen-bond donors (Lipinski definition) is 1. The van der Waals surface area contributed by atoms with Crippen molar-refractivity contribution in [2.75, 3.05) is 16.2 Å². The molecule has 0 aliphatic heterocycles. The van der Waals surface area contributed by atoms with E-state index in [1.807, 2.05) is 6.92 Å². The Balaban J connectivity index is 1.98. The Morgan fingerprint density at radius 2 is 1.53 bits per heavy atom. The highest BCUT2D eigenvalue weighted by atomic mass is 35.5. The summed E-state index contributed by atoms with van der Waals surface area (Å²) in [5.41, 5.74) is 1.37.